The number of hydrogen-bond acceptors (Lipinski definition) is 4. The van der Waals surface area contributed by atoms with Gasteiger partial charge in [0.05, 0.1) is 13.1 Å². The molecule has 3 amide bonds. The van der Waals surface area contributed by atoms with Crippen LogP contribution in [0.3, 0.4) is 0 Å². The number of ether oxygens (including phenoxy) is 1. The predicted octanol–water partition coefficient (Wildman–Crippen LogP) is 0.199. The minimum Gasteiger partial charge on any atom is -0.492 e. The van der Waals surface area contributed by atoms with Crippen molar-refractivity contribution in [3.8, 4) is 5.75 Å². The lowest BCUT2D eigenvalue weighted by atomic mass is 10.3. The van der Waals surface area contributed by atoms with Crippen molar-refractivity contribution in [3.63, 3.8) is 0 Å². The number of benzene rings is 1. The van der Waals surface area contributed by atoms with E-state index in [-0.39, 0.29) is 31.6 Å². The highest BCUT2D eigenvalue weighted by molar-refractivity contribution is 6.01. The van der Waals surface area contributed by atoms with Crippen LogP contribution < -0.4 is 15.8 Å². The van der Waals surface area contributed by atoms with Gasteiger partial charge in [-0.05, 0) is 12.1 Å². The number of carbonyl (C=O) groups is 2. The number of nitrogen functional groups attached to an aromatic ring is 1. The molecule has 0 atom stereocenters. The molecule has 0 bridgehead atoms. The quantitative estimate of drug-likeness (QED) is 0.576. The maximum atomic E-state index is 11.2. The van der Waals surface area contributed by atoms with Crippen molar-refractivity contribution in [1.29, 1.82) is 0 Å². The van der Waals surface area contributed by atoms with Crippen molar-refractivity contribution in [2.45, 2.75) is 0 Å². The highest BCUT2D eigenvalue weighted by atomic mass is 16.5. The van der Waals surface area contributed by atoms with Crippen LogP contribution in [0.1, 0.15) is 0 Å². The Morgan fingerprint density at radius 2 is 2.24 bits per heavy atom. The van der Waals surface area contributed by atoms with Crippen molar-refractivity contribution in [1.82, 2.24) is 10.2 Å². The molecule has 1 saturated heterocycles. The molecule has 1 heterocycles. The lowest BCUT2D eigenvalue weighted by Crippen LogP contribution is -2.34. The molecule has 90 valence electrons. The summed E-state index contributed by atoms with van der Waals surface area (Å²) in [6.45, 7) is 0.555. The largest absolute Gasteiger partial charge is 0.492 e. The fourth-order valence-corrected chi connectivity index (χ4v) is 1.54. The third-order valence-electron chi connectivity index (χ3n) is 2.38. The van der Waals surface area contributed by atoms with E-state index in [9.17, 15) is 9.59 Å². The number of nitrogens with one attached hydrogen (secondary N) is 1. The van der Waals surface area contributed by atoms with E-state index in [1.165, 1.54) is 0 Å². The molecule has 1 fully saturated rings. The van der Waals surface area contributed by atoms with Crippen LogP contribution in [0, 0.1) is 0 Å². The van der Waals surface area contributed by atoms with Crippen molar-refractivity contribution < 1.29 is 14.3 Å². The first-order valence-corrected chi connectivity index (χ1v) is 5.23. The normalized spacial score (nSPS) is 14.9. The summed E-state index contributed by atoms with van der Waals surface area (Å²) in [5, 5.41) is 2.44. The molecular weight excluding hydrogens is 222 g/mol. The molecule has 0 aliphatic carbocycles. The monoisotopic (exact) mass is 235 g/mol. The molecular formula is C11H13N3O3. The van der Waals surface area contributed by atoms with Gasteiger partial charge in [0.15, 0.2) is 0 Å². The topological polar surface area (TPSA) is 84.7 Å². The third kappa shape index (κ3) is 2.66. The van der Waals surface area contributed by atoms with E-state index in [4.69, 9.17) is 10.5 Å². The zero-order chi connectivity index (χ0) is 12.3. The molecule has 6 nitrogen and oxygen atoms in total. The number of anilines is 1. The Morgan fingerprint density at radius 3 is 2.88 bits per heavy atom. The van der Waals surface area contributed by atoms with Gasteiger partial charge >= 0.3 is 6.03 Å². The van der Waals surface area contributed by atoms with Gasteiger partial charge in [0.1, 0.15) is 12.4 Å². The van der Waals surface area contributed by atoms with E-state index >= 15 is 0 Å². The van der Waals surface area contributed by atoms with Crippen molar-refractivity contribution in [3.05, 3.63) is 24.3 Å². The van der Waals surface area contributed by atoms with E-state index in [0.29, 0.717) is 11.4 Å². The standard InChI is InChI=1S/C11H13N3O3/c12-8-2-1-3-9(6-8)17-5-4-14-10(15)7-13-11(14)16/h1-3,6H,4-5,7,12H2,(H,13,16). The van der Waals surface area contributed by atoms with Crippen LogP contribution >= 0.6 is 0 Å². The molecule has 0 aromatic heterocycles. The van der Waals surface area contributed by atoms with Gasteiger partial charge in [0, 0.05) is 11.8 Å². The number of carbonyl (C=O) groups excluding carboxylic acids is 2. The van der Waals surface area contributed by atoms with Crippen LogP contribution in [0.15, 0.2) is 24.3 Å². The molecule has 1 aromatic carbocycles. The molecule has 1 aliphatic heterocycles. The van der Waals surface area contributed by atoms with Gasteiger partial charge in [-0.25, -0.2) is 4.79 Å². The van der Waals surface area contributed by atoms with E-state index in [1.807, 2.05) is 0 Å². The lowest BCUT2D eigenvalue weighted by molar-refractivity contribution is -0.125. The Morgan fingerprint density at radius 1 is 1.41 bits per heavy atom. The molecule has 17 heavy (non-hydrogen) atoms. The Bertz CT molecular complexity index is 431. The molecule has 0 unspecified atom stereocenters. The zero-order valence-corrected chi connectivity index (χ0v) is 9.18. The van der Waals surface area contributed by atoms with Crippen LogP contribution in [0.25, 0.3) is 0 Å². The number of imide groups is 1. The second kappa shape index (κ2) is 4.73. The zero-order valence-electron chi connectivity index (χ0n) is 9.18. The van der Waals surface area contributed by atoms with Gasteiger partial charge < -0.3 is 15.8 Å². The van der Waals surface area contributed by atoms with Crippen LogP contribution in [-0.4, -0.2) is 36.5 Å². The predicted molar refractivity (Wildman–Crippen MR) is 61.5 cm³/mol. The molecule has 1 aliphatic rings. The summed E-state index contributed by atoms with van der Waals surface area (Å²) in [6, 6.07) is 6.61. The Labute approximate surface area is 98.3 Å². The summed E-state index contributed by atoms with van der Waals surface area (Å²) in [6.07, 6.45) is 0. The average Bonchev–Trinajstić information content (AvgIpc) is 2.61. The maximum Gasteiger partial charge on any atom is 0.324 e. The molecule has 1 aromatic rings. The van der Waals surface area contributed by atoms with E-state index in [1.54, 1.807) is 24.3 Å². The van der Waals surface area contributed by atoms with Gasteiger partial charge in [-0.1, -0.05) is 6.07 Å². The first-order valence-electron chi connectivity index (χ1n) is 5.23. The number of rotatable bonds is 4. The number of amides is 3. The van der Waals surface area contributed by atoms with E-state index in [0.717, 1.165) is 4.90 Å². The van der Waals surface area contributed by atoms with E-state index in [2.05, 4.69) is 5.32 Å². The summed E-state index contributed by atoms with van der Waals surface area (Å²) < 4.78 is 5.39. The molecule has 0 radical (unpaired) electrons. The summed E-state index contributed by atoms with van der Waals surface area (Å²) >= 11 is 0. The highest BCUT2D eigenvalue weighted by Crippen LogP contribution is 2.14. The van der Waals surface area contributed by atoms with Crippen molar-refractivity contribution in [2.75, 3.05) is 25.4 Å². The molecule has 0 spiro atoms. The minimum atomic E-state index is -0.369. The highest BCUT2D eigenvalue weighted by Gasteiger charge is 2.27. The van der Waals surface area contributed by atoms with Gasteiger partial charge in [0.25, 0.3) is 0 Å². The first kappa shape index (κ1) is 11.3. The summed E-state index contributed by atoms with van der Waals surface area (Å²) in [7, 11) is 0. The van der Waals surface area contributed by atoms with Crippen molar-refractivity contribution >= 4 is 17.6 Å². The van der Waals surface area contributed by atoms with Crippen LogP contribution in [0.2, 0.25) is 0 Å². The van der Waals surface area contributed by atoms with Crippen molar-refractivity contribution in [2.24, 2.45) is 0 Å². The van der Waals surface area contributed by atoms with Crippen LogP contribution in [0.5, 0.6) is 5.75 Å². The fraction of sp³-hybridized carbons (Fsp3) is 0.273. The molecule has 2 rings (SSSR count). The Balaban J connectivity index is 1.83. The fourth-order valence-electron chi connectivity index (χ4n) is 1.54. The lowest BCUT2D eigenvalue weighted by Gasteiger charge is -2.13. The Hall–Kier alpha value is -2.24. The first-order chi connectivity index (χ1) is 8.16. The van der Waals surface area contributed by atoms with Gasteiger partial charge in [-0.2, -0.15) is 0 Å². The van der Waals surface area contributed by atoms with Gasteiger partial charge in [0.2, 0.25) is 5.91 Å². The number of urea groups is 1. The summed E-state index contributed by atoms with van der Waals surface area (Å²) in [5.41, 5.74) is 6.20. The summed E-state index contributed by atoms with van der Waals surface area (Å²) in [4.78, 5) is 23.6. The smallest absolute Gasteiger partial charge is 0.324 e. The third-order valence-corrected chi connectivity index (χ3v) is 2.38. The second-order valence-corrected chi connectivity index (χ2v) is 3.63. The maximum absolute atomic E-state index is 11.2. The van der Waals surface area contributed by atoms with Crippen LogP contribution in [-0.2, 0) is 4.79 Å². The molecule has 6 heteroatoms. The number of nitrogens with zero attached hydrogens (tertiary/aromatic N) is 1. The van der Waals surface area contributed by atoms with Gasteiger partial charge in [-0.3, -0.25) is 9.69 Å². The number of nitrogens with two attached hydrogens (primary N) is 1. The minimum absolute atomic E-state index is 0.0666. The second-order valence-electron chi connectivity index (χ2n) is 3.63. The van der Waals surface area contributed by atoms with Gasteiger partial charge in [-0.15, -0.1) is 0 Å². The number of hydrogen-bond donors (Lipinski definition) is 2. The molecule has 3 N–H and O–H groups in total. The Kier molecular flexibility index (Phi) is 3.13. The van der Waals surface area contributed by atoms with Crippen LogP contribution in [0.4, 0.5) is 10.5 Å². The SMILES string of the molecule is Nc1cccc(OCCN2C(=O)CNC2=O)c1. The summed E-state index contributed by atoms with van der Waals surface area (Å²) in [5.74, 6) is 0.392. The molecule has 0 saturated carbocycles. The van der Waals surface area contributed by atoms with E-state index < -0.39 is 0 Å². The average molecular weight is 235 g/mol.